The Kier molecular flexibility index (Phi) is 5.78. The summed E-state index contributed by atoms with van der Waals surface area (Å²) in [6, 6.07) is 12.8. The second-order valence-corrected chi connectivity index (χ2v) is 8.47. The van der Waals surface area contributed by atoms with Gasteiger partial charge in [0.05, 0.1) is 5.69 Å². The summed E-state index contributed by atoms with van der Waals surface area (Å²) in [5.74, 6) is -0.231. The summed E-state index contributed by atoms with van der Waals surface area (Å²) in [5, 5.41) is 7.20. The third kappa shape index (κ3) is 4.57. The van der Waals surface area contributed by atoms with Crippen LogP contribution in [0.15, 0.2) is 47.8 Å². The Morgan fingerprint density at radius 3 is 2.52 bits per heavy atom. The van der Waals surface area contributed by atoms with Gasteiger partial charge in [-0.25, -0.2) is 9.37 Å². The molecular weight excluding hydrogens is 403 g/mol. The van der Waals surface area contributed by atoms with E-state index in [1.54, 1.807) is 23.5 Å². The highest BCUT2D eigenvalue weighted by atomic mass is 32.1. The summed E-state index contributed by atoms with van der Waals surface area (Å²) in [7, 11) is 0. The minimum atomic E-state index is -0.231. The molecule has 3 aromatic rings. The molecule has 0 spiro atoms. The van der Waals surface area contributed by atoms with Crippen LogP contribution >= 0.6 is 23.6 Å². The Balaban J connectivity index is 1.36. The van der Waals surface area contributed by atoms with Crippen molar-refractivity contribution in [3.05, 3.63) is 64.8 Å². The first-order chi connectivity index (χ1) is 14.0. The van der Waals surface area contributed by atoms with Gasteiger partial charge in [-0.05, 0) is 67.5 Å². The molecule has 0 atom stereocenters. The fourth-order valence-electron chi connectivity index (χ4n) is 3.33. The number of rotatable bonds is 3. The van der Waals surface area contributed by atoms with Crippen molar-refractivity contribution in [3.8, 4) is 11.3 Å². The highest BCUT2D eigenvalue weighted by Gasteiger charge is 2.21. The number of nitrogens with zero attached hydrogens (tertiary/aromatic N) is 3. The fraction of sp³-hybridized carbons (Fsp3) is 0.273. The third-order valence-electron chi connectivity index (χ3n) is 5.10. The van der Waals surface area contributed by atoms with Crippen molar-refractivity contribution in [1.82, 2.24) is 9.88 Å². The van der Waals surface area contributed by atoms with Gasteiger partial charge in [0, 0.05) is 42.8 Å². The van der Waals surface area contributed by atoms with Gasteiger partial charge in [-0.15, -0.1) is 11.3 Å². The summed E-state index contributed by atoms with van der Waals surface area (Å²) >= 11 is 7.27. The Labute approximate surface area is 180 Å². The molecule has 4 nitrogen and oxygen atoms in total. The van der Waals surface area contributed by atoms with E-state index in [2.05, 4.69) is 47.2 Å². The first-order valence-corrected chi connectivity index (χ1v) is 10.9. The zero-order valence-corrected chi connectivity index (χ0v) is 18.1. The number of hydrogen-bond acceptors (Lipinski definition) is 4. The lowest BCUT2D eigenvalue weighted by Crippen LogP contribution is -2.50. The number of thiazole rings is 1. The number of hydrogen-bond donors (Lipinski definition) is 1. The van der Waals surface area contributed by atoms with Crippen LogP contribution in [0.4, 0.5) is 15.2 Å². The Bertz CT molecular complexity index is 1010. The molecule has 0 aliphatic carbocycles. The maximum Gasteiger partial charge on any atom is 0.185 e. The standard InChI is InChI=1S/C22H23FN4S2/c1-15-3-4-16(2)19(13-15)24-21(28)26-9-11-27(12-10-26)22-25-20(14-29-22)17-5-7-18(23)8-6-17/h3-8,13-14H,9-12H2,1-2H3,(H,24,28). The lowest BCUT2D eigenvalue weighted by atomic mass is 10.1. The van der Waals surface area contributed by atoms with Gasteiger partial charge in [0.1, 0.15) is 5.82 Å². The van der Waals surface area contributed by atoms with Crippen LogP contribution in [0.2, 0.25) is 0 Å². The SMILES string of the molecule is Cc1ccc(C)c(NC(=S)N2CCN(c3nc(-c4ccc(F)cc4)cs3)CC2)c1. The molecule has 150 valence electrons. The summed E-state index contributed by atoms with van der Waals surface area (Å²) < 4.78 is 13.1. The van der Waals surface area contributed by atoms with Crippen molar-refractivity contribution < 1.29 is 4.39 Å². The van der Waals surface area contributed by atoms with E-state index in [0.29, 0.717) is 0 Å². The average Bonchev–Trinajstić information content (AvgIpc) is 3.21. The van der Waals surface area contributed by atoms with E-state index in [4.69, 9.17) is 17.2 Å². The normalized spacial score (nSPS) is 14.2. The number of thiocarbonyl (C=S) groups is 1. The van der Waals surface area contributed by atoms with Crippen LogP contribution in [0.25, 0.3) is 11.3 Å². The second kappa shape index (κ2) is 8.47. The molecule has 1 aliphatic heterocycles. The van der Waals surface area contributed by atoms with Crippen LogP contribution in [0.5, 0.6) is 0 Å². The molecule has 1 aromatic heterocycles. The van der Waals surface area contributed by atoms with E-state index in [9.17, 15) is 4.39 Å². The van der Waals surface area contributed by atoms with Gasteiger partial charge in [0.25, 0.3) is 0 Å². The number of aryl methyl sites for hydroxylation is 2. The number of nitrogens with one attached hydrogen (secondary N) is 1. The third-order valence-corrected chi connectivity index (χ3v) is 6.37. The molecule has 2 heterocycles. The van der Waals surface area contributed by atoms with E-state index in [0.717, 1.165) is 53.4 Å². The maximum atomic E-state index is 13.1. The average molecular weight is 427 g/mol. The van der Waals surface area contributed by atoms with Gasteiger partial charge in [-0.1, -0.05) is 12.1 Å². The molecule has 2 aromatic carbocycles. The van der Waals surface area contributed by atoms with Crippen molar-refractivity contribution in [2.45, 2.75) is 13.8 Å². The lowest BCUT2D eigenvalue weighted by molar-refractivity contribution is 0.390. The molecule has 0 radical (unpaired) electrons. The molecule has 4 rings (SSSR count). The van der Waals surface area contributed by atoms with E-state index in [1.165, 1.54) is 23.3 Å². The molecule has 0 amide bonds. The first-order valence-electron chi connectivity index (χ1n) is 9.59. The highest BCUT2D eigenvalue weighted by Crippen LogP contribution is 2.28. The van der Waals surface area contributed by atoms with Crippen LogP contribution < -0.4 is 10.2 Å². The zero-order chi connectivity index (χ0) is 20.4. The van der Waals surface area contributed by atoms with Crippen LogP contribution in [0.3, 0.4) is 0 Å². The summed E-state index contributed by atoms with van der Waals surface area (Å²) in [5.41, 5.74) is 5.30. The number of benzene rings is 2. The summed E-state index contributed by atoms with van der Waals surface area (Å²) in [6.07, 6.45) is 0. The van der Waals surface area contributed by atoms with Gasteiger partial charge in [-0.2, -0.15) is 0 Å². The van der Waals surface area contributed by atoms with Crippen molar-refractivity contribution in [2.24, 2.45) is 0 Å². The topological polar surface area (TPSA) is 31.4 Å². The Morgan fingerprint density at radius 1 is 1.07 bits per heavy atom. The lowest BCUT2D eigenvalue weighted by Gasteiger charge is -2.36. The van der Waals surface area contributed by atoms with Gasteiger partial charge in [0.15, 0.2) is 10.2 Å². The van der Waals surface area contributed by atoms with Crippen molar-refractivity contribution >= 4 is 39.5 Å². The minimum Gasteiger partial charge on any atom is -0.345 e. The van der Waals surface area contributed by atoms with Gasteiger partial charge in [-0.3, -0.25) is 0 Å². The Hall–Kier alpha value is -2.51. The smallest absolute Gasteiger partial charge is 0.185 e. The van der Waals surface area contributed by atoms with Crippen LogP contribution in [0, 0.1) is 19.7 Å². The molecule has 1 saturated heterocycles. The molecule has 1 aliphatic rings. The molecule has 0 saturated carbocycles. The predicted octanol–water partition coefficient (Wildman–Crippen LogP) is 5.09. The quantitative estimate of drug-likeness (QED) is 0.590. The largest absolute Gasteiger partial charge is 0.345 e. The van der Waals surface area contributed by atoms with Gasteiger partial charge < -0.3 is 15.1 Å². The van der Waals surface area contributed by atoms with E-state index >= 15 is 0 Å². The monoisotopic (exact) mass is 426 g/mol. The van der Waals surface area contributed by atoms with Crippen molar-refractivity contribution in [3.63, 3.8) is 0 Å². The molecule has 29 heavy (non-hydrogen) atoms. The van der Waals surface area contributed by atoms with Crippen molar-refractivity contribution in [1.29, 1.82) is 0 Å². The van der Waals surface area contributed by atoms with E-state index < -0.39 is 0 Å². The number of anilines is 2. The van der Waals surface area contributed by atoms with Crippen LogP contribution in [-0.4, -0.2) is 41.2 Å². The predicted molar refractivity (Wildman–Crippen MR) is 123 cm³/mol. The maximum absolute atomic E-state index is 13.1. The molecule has 1 fully saturated rings. The zero-order valence-electron chi connectivity index (χ0n) is 16.5. The summed E-state index contributed by atoms with van der Waals surface area (Å²) in [6.45, 7) is 7.60. The molecule has 0 unspecified atom stereocenters. The Morgan fingerprint density at radius 2 is 1.79 bits per heavy atom. The number of piperazine rings is 1. The molecule has 0 bridgehead atoms. The van der Waals surface area contributed by atoms with Gasteiger partial charge in [0.2, 0.25) is 0 Å². The van der Waals surface area contributed by atoms with Crippen LogP contribution in [0.1, 0.15) is 11.1 Å². The summed E-state index contributed by atoms with van der Waals surface area (Å²) in [4.78, 5) is 9.24. The van der Waals surface area contributed by atoms with Crippen molar-refractivity contribution in [2.75, 3.05) is 36.4 Å². The number of aromatic nitrogens is 1. The molecule has 7 heteroatoms. The molecule has 1 N–H and O–H groups in total. The fourth-order valence-corrected chi connectivity index (χ4v) is 4.51. The first kappa shape index (κ1) is 19.8. The van der Waals surface area contributed by atoms with Crippen LogP contribution in [-0.2, 0) is 0 Å². The van der Waals surface area contributed by atoms with E-state index in [1.807, 2.05) is 5.38 Å². The second-order valence-electron chi connectivity index (χ2n) is 7.24. The van der Waals surface area contributed by atoms with E-state index in [-0.39, 0.29) is 5.82 Å². The number of halogens is 1. The van der Waals surface area contributed by atoms with Gasteiger partial charge >= 0.3 is 0 Å². The highest BCUT2D eigenvalue weighted by molar-refractivity contribution is 7.80. The molecular formula is C22H23FN4S2. The minimum absolute atomic E-state index is 0.231.